The molecule has 1 aromatic rings. The van der Waals surface area contributed by atoms with Crippen molar-refractivity contribution in [2.45, 2.75) is 25.1 Å². The van der Waals surface area contributed by atoms with Crippen molar-refractivity contribution in [1.82, 2.24) is 4.90 Å². The zero-order valence-corrected chi connectivity index (χ0v) is 10.5. The Balaban J connectivity index is 2.30. The van der Waals surface area contributed by atoms with Crippen LogP contribution in [0.4, 0.5) is 17.6 Å². The molecule has 0 bridgehead atoms. The molecule has 1 aliphatic carbocycles. The number of nitrogens with zero attached hydrogens (tertiary/aromatic N) is 1. The fraction of sp³-hybridized carbons (Fsp3) is 0.462. The molecule has 1 aromatic carbocycles. The Bertz CT molecular complexity index is 512. The first-order chi connectivity index (χ1) is 9.34. The average molecular weight is 291 g/mol. The lowest BCUT2D eigenvalue weighted by Gasteiger charge is -2.22. The first-order valence-electron chi connectivity index (χ1n) is 6.13. The minimum atomic E-state index is -4.85. The summed E-state index contributed by atoms with van der Waals surface area (Å²) in [6, 6.07) is 2.14. The van der Waals surface area contributed by atoms with Crippen LogP contribution in [0.1, 0.15) is 28.8 Å². The quantitative estimate of drug-likeness (QED) is 0.866. The van der Waals surface area contributed by atoms with Crippen LogP contribution in [0.3, 0.4) is 0 Å². The van der Waals surface area contributed by atoms with E-state index < -0.39 is 23.5 Å². The Morgan fingerprint density at radius 1 is 1.35 bits per heavy atom. The van der Waals surface area contributed by atoms with E-state index in [4.69, 9.17) is 5.11 Å². The van der Waals surface area contributed by atoms with Crippen LogP contribution in [-0.2, 0) is 6.18 Å². The summed E-state index contributed by atoms with van der Waals surface area (Å²) in [5.41, 5.74) is -1.68. The summed E-state index contributed by atoms with van der Waals surface area (Å²) in [5, 5.41) is 8.90. The van der Waals surface area contributed by atoms with Crippen molar-refractivity contribution in [3.05, 3.63) is 35.1 Å². The number of carbonyl (C=O) groups is 1. The zero-order valence-electron chi connectivity index (χ0n) is 10.5. The molecule has 2 rings (SSSR count). The largest absolute Gasteiger partial charge is 0.419 e. The van der Waals surface area contributed by atoms with E-state index in [1.807, 2.05) is 0 Å². The third-order valence-electron chi connectivity index (χ3n) is 3.11. The minimum absolute atomic E-state index is 0.0472. The molecule has 110 valence electrons. The molecule has 1 N–H and O–H groups in total. The molecule has 1 fully saturated rings. The molecule has 1 amide bonds. The van der Waals surface area contributed by atoms with Crippen molar-refractivity contribution in [2.75, 3.05) is 13.2 Å². The van der Waals surface area contributed by atoms with Gasteiger partial charge in [0.05, 0.1) is 12.2 Å². The molecule has 0 atom stereocenters. The summed E-state index contributed by atoms with van der Waals surface area (Å²) in [4.78, 5) is 13.5. The van der Waals surface area contributed by atoms with Crippen molar-refractivity contribution >= 4 is 5.91 Å². The Kier molecular flexibility index (Phi) is 3.99. The highest BCUT2D eigenvalue weighted by molar-refractivity contribution is 5.94. The van der Waals surface area contributed by atoms with Crippen molar-refractivity contribution < 1.29 is 27.5 Å². The summed E-state index contributed by atoms with van der Waals surface area (Å²) < 4.78 is 51.0. The lowest BCUT2D eigenvalue weighted by Crippen LogP contribution is -2.35. The lowest BCUT2D eigenvalue weighted by molar-refractivity contribution is -0.140. The van der Waals surface area contributed by atoms with Gasteiger partial charge in [-0.2, -0.15) is 13.2 Å². The van der Waals surface area contributed by atoms with Crippen LogP contribution in [0.15, 0.2) is 18.2 Å². The van der Waals surface area contributed by atoms with E-state index >= 15 is 0 Å². The molecule has 0 aliphatic heterocycles. The number of aliphatic hydroxyl groups is 1. The van der Waals surface area contributed by atoms with Crippen LogP contribution in [0.25, 0.3) is 0 Å². The summed E-state index contributed by atoms with van der Waals surface area (Å²) in [7, 11) is 0. The van der Waals surface area contributed by atoms with Gasteiger partial charge in [0.25, 0.3) is 5.91 Å². The SMILES string of the molecule is O=C(c1ccc(F)c(C(F)(F)F)c1)N(CCO)C1CC1. The van der Waals surface area contributed by atoms with Gasteiger partial charge in [-0.15, -0.1) is 0 Å². The second kappa shape index (κ2) is 5.40. The Morgan fingerprint density at radius 2 is 2.00 bits per heavy atom. The summed E-state index contributed by atoms with van der Waals surface area (Å²) >= 11 is 0. The predicted octanol–water partition coefficient (Wildman–Crippen LogP) is 2.44. The van der Waals surface area contributed by atoms with Gasteiger partial charge in [-0.3, -0.25) is 4.79 Å². The van der Waals surface area contributed by atoms with Crippen molar-refractivity contribution in [3.8, 4) is 0 Å². The molecular weight excluding hydrogens is 278 g/mol. The molecule has 1 saturated carbocycles. The molecule has 20 heavy (non-hydrogen) atoms. The van der Waals surface area contributed by atoms with Crippen molar-refractivity contribution in [2.24, 2.45) is 0 Å². The molecule has 0 unspecified atom stereocenters. The smallest absolute Gasteiger partial charge is 0.395 e. The van der Waals surface area contributed by atoms with Crippen LogP contribution in [0.5, 0.6) is 0 Å². The number of hydrogen-bond donors (Lipinski definition) is 1. The van der Waals surface area contributed by atoms with Gasteiger partial charge in [0.15, 0.2) is 0 Å². The van der Waals surface area contributed by atoms with Gasteiger partial charge in [-0.1, -0.05) is 0 Å². The topological polar surface area (TPSA) is 40.5 Å². The second-order valence-electron chi connectivity index (χ2n) is 4.65. The molecule has 0 aromatic heterocycles. The molecule has 7 heteroatoms. The first-order valence-corrected chi connectivity index (χ1v) is 6.13. The number of hydrogen-bond acceptors (Lipinski definition) is 2. The molecule has 0 spiro atoms. The average Bonchev–Trinajstić information content (AvgIpc) is 3.18. The maximum absolute atomic E-state index is 13.2. The number of alkyl halides is 3. The molecular formula is C13H13F4NO2. The number of aliphatic hydroxyl groups excluding tert-OH is 1. The fourth-order valence-corrected chi connectivity index (χ4v) is 1.99. The highest BCUT2D eigenvalue weighted by Crippen LogP contribution is 2.33. The second-order valence-corrected chi connectivity index (χ2v) is 4.65. The van der Waals surface area contributed by atoms with Crippen LogP contribution in [0, 0.1) is 5.82 Å². The van der Waals surface area contributed by atoms with Crippen LogP contribution in [-0.4, -0.2) is 35.1 Å². The summed E-state index contributed by atoms with van der Waals surface area (Å²) in [6.07, 6.45) is -3.32. The van der Waals surface area contributed by atoms with E-state index in [0.29, 0.717) is 12.1 Å². The Labute approximate surface area is 112 Å². The summed E-state index contributed by atoms with van der Waals surface area (Å²) in [5.74, 6) is -2.03. The van der Waals surface area contributed by atoms with Crippen molar-refractivity contribution in [3.63, 3.8) is 0 Å². The molecule has 1 aliphatic rings. The first kappa shape index (κ1) is 14.8. The van der Waals surface area contributed by atoms with Gasteiger partial charge in [-0.05, 0) is 31.0 Å². The lowest BCUT2D eigenvalue weighted by atomic mass is 10.1. The van der Waals surface area contributed by atoms with Crippen LogP contribution < -0.4 is 0 Å². The zero-order chi connectivity index (χ0) is 14.9. The normalized spacial score (nSPS) is 15.2. The predicted molar refractivity (Wildman–Crippen MR) is 62.5 cm³/mol. The Morgan fingerprint density at radius 3 is 2.50 bits per heavy atom. The minimum Gasteiger partial charge on any atom is -0.395 e. The number of halogens is 4. The summed E-state index contributed by atoms with van der Waals surface area (Å²) in [6.45, 7) is -0.211. The molecule has 0 heterocycles. The van der Waals surface area contributed by atoms with E-state index in [0.717, 1.165) is 18.9 Å². The Hall–Kier alpha value is -1.63. The third-order valence-corrected chi connectivity index (χ3v) is 3.11. The number of amides is 1. The van der Waals surface area contributed by atoms with Gasteiger partial charge in [0, 0.05) is 18.2 Å². The van der Waals surface area contributed by atoms with Gasteiger partial charge in [0.2, 0.25) is 0 Å². The number of benzene rings is 1. The van der Waals surface area contributed by atoms with Crippen LogP contribution in [0.2, 0.25) is 0 Å². The molecule has 0 radical (unpaired) electrons. The fourth-order valence-electron chi connectivity index (χ4n) is 1.99. The van der Waals surface area contributed by atoms with Gasteiger partial charge in [0.1, 0.15) is 5.82 Å². The number of rotatable bonds is 4. The van der Waals surface area contributed by atoms with Crippen LogP contribution >= 0.6 is 0 Å². The monoisotopic (exact) mass is 291 g/mol. The van der Waals surface area contributed by atoms with E-state index in [1.54, 1.807) is 0 Å². The highest BCUT2D eigenvalue weighted by atomic mass is 19.4. The van der Waals surface area contributed by atoms with Gasteiger partial charge in [-0.25, -0.2) is 4.39 Å². The van der Waals surface area contributed by atoms with E-state index in [2.05, 4.69) is 0 Å². The van der Waals surface area contributed by atoms with Crippen molar-refractivity contribution in [1.29, 1.82) is 0 Å². The van der Waals surface area contributed by atoms with Gasteiger partial charge >= 0.3 is 6.18 Å². The van der Waals surface area contributed by atoms with E-state index in [-0.39, 0.29) is 24.8 Å². The maximum atomic E-state index is 13.2. The highest BCUT2D eigenvalue weighted by Gasteiger charge is 2.36. The standard InChI is InChI=1S/C13H13F4NO2/c14-11-4-1-8(7-10(11)13(15,16)17)12(20)18(5-6-19)9-2-3-9/h1,4,7,9,19H,2-3,5-6H2. The number of carbonyl (C=O) groups excluding carboxylic acids is 1. The van der Waals surface area contributed by atoms with E-state index in [1.165, 1.54) is 4.90 Å². The third kappa shape index (κ3) is 3.09. The van der Waals surface area contributed by atoms with Gasteiger partial charge < -0.3 is 10.0 Å². The maximum Gasteiger partial charge on any atom is 0.419 e. The molecule has 3 nitrogen and oxygen atoms in total. The van der Waals surface area contributed by atoms with E-state index in [9.17, 15) is 22.4 Å². The molecule has 0 saturated heterocycles.